The molecule has 0 radical (unpaired) electrons. The van der Waals surface area contributed by atoms with Crippen LogP contribution in [0.2, 0.25) is 0 Å². The van der Waals surface area contributed by atoms with Crippen molar-refractivity contribution in [3.8, 4) is 102 Å². The van der Waals surface area contributed by atoms with Gasteiger partial charge in [-0.05, 0) is 158 Å². The maximum Gasteiger partial charge on any atom is 0.197 e. The summed E-state index contributed by atoms with van der Waals surface area (Å²) < 4.78 is 4.52. The lowest BCUT2D eigenvalue weighted by molar-refractivity contribution is 0.928. The molecule has 0 bridgehead atoms. The van der Waals surface area contributed by atoms with Crippen molar-refractivity contribution in [2.75, 3.05) is 0 Å². The van der Waals surface area contributed by atoms with Crippen LogP contribution >= 0.6 is 0 Å². The van der Waals surface area contributed by atoms with Crippen molar-refractivity contribution in [3.63, 3.8) is 0 Å². The highest BCUT2D eigenvalue weighted by Crippen LogP contribution is 2.47. The molecule has 0 saturated heterocycles. The standard InChI is InChI=1S/C72H52N18/c1-38-74-39(2)79-68(78-38)48-23-28-59-53(33-48)54-34-49(69-80-40(3)75-41(4)81-69)24-29-60(54)89(59)63-32-27-52(72-87-66(46-17-12-10-13-18-46)86-67(88-72)47-19-14-11-15-20-47)37-57(63)65-58(73-9)21-16-22-64(65)90-61-30-25-50(70-82-42(5)76-43(6)83-70)35-55(61)56-36-51(26-31-62(56)90)71-84-44(7)77-45(8)85-71/h10-37H,1-8H3. The molecule has 0 spiro atoms. The number of aromatic nitrogens is 17. The molecule has 0 aliphatic rings. The van der Waals surface area contributed by atoms with Gasteiger partial charge in [0.1, 0.15) is 46.6 Å². The second-order valence-corrected chi connectivity index (χ2v) is 22.2. The molecule has 90 heavy (non-hydrogen) atoms. The Kier molecular flexibility index (Phi) is 13.1. The quantitative estimate of drug-likeness (QED) is 0.117. The number of rotatable bonds is 10. The van der Waals surface area contributed by atoms with E-state index in [1.54, 1.807) is 0 Å². The largest absolute Gasteiger partial charge is 0.310 e. The third-order valence-corrected chi connectivity index (χ3v) is 15.8. The molecule has 0 fully saturated rings. The van der Waals surface area contributed by atoms with Crippen LogP contribution in [0.15, 0.2) is 170 Å². The summed E-state index contributed by atoms with van der Waals surface area (Å²) in [4.78, 5) is 76.5. The Bertz CT molecular complexity index is 5140. The molecule has 18 nitrogen and oxygen atoms in total. The van der Waals surface area contributed by atoms with Crippen molar-refractivity contribution < 1.29 is 0 Å². The van der Waals surface area contributed by atoms with Gasteiger partial charge in [0.15, 0.2) is 46.5 Å². The van der Waals surface area contributed by atoms with E-state index >= 15 is 0 Å². The van der Waals surface area contributed by atoms with Crippen molar-refractivity contribution in [2.24, 2.45) is 0 Å². The van der Waals surface area contributed by atoms with Gasteiger partial charge in [-0.2, -0.15) is 0 Å². The first-order valence-corrected chi connectivity index (χ1v) is 29.3. The van der Waals surface area contributed by atoms with Crippen molar-refractivity contribution in [2.45, 2.75) is 55.4 Å². The van der Waals surface area contributed by atoms with Gasteiger partial charge in [0.05, 0.1) is 34.3 Å². The third-order valence-electron chi connectivity index (χ3n) is 15.8. The lowest BCUT2D eigenvalue weighted by Crippen LogP contribution is -2.04. The van der Waals surface area contributed by atoms with Crippen LogP contribution in [0.25, 0.3) is 151 Å². The predicted octanol–water partition coefficient (Wildman–Crippen LogP) is 15.2. The van der Waals surface area contributed by atoms with Crippen LogP contribution < -0.4 is 0 Å². The topological polar surface area (TPSA) is 208 Å². The summed E-state index contributed by atoms with van der Waals surface area (Å²) in [6.07, 6.45) is 0. The molecule has 18 heteroatoms. The van der Waals surface area contributed by atoms with E-state index in [2.05, 4.69) is 119 Å². The van der Waals surface area contributed by atoms with E-state index < -0.39 is 0 Å². The summed E-state index contributed by atoms with van der Waals surface area (Å²) in [5.41, 5.74) is 12.5. The Balaban J connectivity index is 1.05. The smallest absolute Gasteiger partial charge is 0.197 e. The fourth-order valence-electron chi connectivity index (χ4n) is 12.2. The van der Waals surface area contributed by atoms with Crippen LogP contribution in [0.4, 0.5) is 5.69 Å². The summed E-state index contributed by atoms with van der Waals surface area (Å²) >= 11 is 0. The van der Waals surface area contributed by atoms with E-state index in [4.69, 9.17) is 61.4 Å². The Morgan fingerprint density at radius 1 is 0.267 bits per heavy atom. The molecule has 15 rings (SSSR count). The van der Waals surface area contributed by atoms with Crippen LogP contribution in [-0.4, -0.2) is 83.9 Å². The zero-order valence-electron chi connectivity index (χ0n) is 50.2. The molecule has 0 unspecified atom stereocenters. The van der Waals surface area contributed by atoms with Crippen LogP contribution in [0.5, 0.6) is 0 Å². The highest BCUT2D eigenvalue weighted by molar-refractivity contribution is 6.14. The average molecular weight is 1170 g/mol. The van der Waals surface area contributed by atoms with Gasteiger partial charge in [-0.1, -0.05) is 72.8 Å². The first kappa shape index (κ1) is 54.5. The molecular formula is C72H52N18. The van der Waals surface area contributed by atoms with Crippen molar-refractivity contribution in [3.05, 3.63) is 228 Å². The number of hydrogen-bond donors (Lipinski definition) is 0. The molecule has 7 heterocycles. The van der Waals surface area contributed by atoms with Crippen molar-refractivity contribution >= 4 is 49.3 Å². The van der Waals surface area contributed by atoms with Gasteiger partial charge in [-0.3, -0.25) is 0 Å². The fraction of sp³-hybridized carbons (Fsp3) is 0.111. The summed E-state index contributed by atoms with van der Waals surface area (Å²) in [5, 5.41) is 3.69. The highest BCUT2D eigenvalue weighted by Gasteiger charge is 2.26. The van der Waals surface area contributed by atoms with E-state index in [0.29, 0.717) is 104 Å². The maximum atomic E-state index is 9.15. The number of aryl methyl sites for hydroxylation is 8. The van der Waals surface area contributed by atoms with Crippen LogP contribution in [0.3, 0.4) is 0 Å². The van der Waals surface area contributed by atoms with Crippen LogP contribution in [0, 0.1) is 62.0 Å². The Labute approximate surface area is 516 Å². The zero-order chi connectivity index (χ0) is 61.5. The fourth-order valence-corrected chi connectivity index (χ4v) is 12.2. The second kappa shape index (κ2) is 21.7. The summed E-state index contributed by atoms with van der Waals surface area (Å²) in [7, 11) is 0. The van der Waals surface area contributed by atoms with Gasteiger partial charge in [0.25, 0.3) is 0 Å². The highest BCUT2D eigenvalue weighted by atomic mass is 15.1. The molecular weight excluding hydrogens is 1120 g/mol. The Morgan fingerprint density at radius 3 is 0.911 bits per heavy atom. The van der Waals surface area contributed by atoms with Gasteiger partial charge in [0.2, 0.25) is 0 Å². The molecule has 0 aliphatic carbocycles. The average Bonchev–Trinajstić information content (AvgIpc) is 1.55. The second-order valence-electron chi connectivity index (χ2n) is 22.2. The molecule has 15 aromatic rings. The van der Waals surface area contributed by atoms with Gasteiger partial charge < -0.3 is 9.13 Å². The van der Waals surface area contributed by atoms with E-state index in [0.717, 1.165) is 93.9 Å². The number of fused-ring (bicyclic) bond motifs is 6. The molecule has 0 amide bonds. The van der Waals surface area contributed by atoms with E-state index in [-0.39, 0.29) is 0 Å². The normalized spacial score (nSPS) is 11.5. The third kappa shape index (κ3) is 9.76. The van der Waals surface area contributed by atoms with Crippen molar-refractivity contribution in [1.82, 2.24) is 83.9 Å². The molecule has 0 saturated carbocycles. The van der Waals surface area contributed by atoms with Crippen LogP contribution in [-0.2, 0) is 0 Å². The van der Waals surface area contributed by atoms with Gasteiger partial charge in [0, 0.05) is 71.7 Å². The molecule has 0 atom stereocenters. The van der Waals surface area contributed by atoms with Gasteiger partial charge >= 0.3 is 0 Å². The summed E-state index contributed by atoms with van der Waals surface area (Å²) in [6.45, 7) is 24.2. The molecule has 7 aromatic heterocycles. The monoisotopic (exact) mass is 1170 g/mol. The number of benzene rings is 8. The predicted molar refractivity (Wildman–Crippen MR) is 350 cm³/mol. The first-order chi connectivity index (χ1) is 43.8. The summed E-state index contributed by atoms with van der Waals surface area (Å²) in [6, 6.07) is 57.3. The minimum Gasteiger partial charge on any atom is -0.310 e. The SMILES string of the molecule is [C-]#[N+]c1cccc(-n2c3ccc(-c4nc(C)nc(C)n4)cc3c3cc(-c4nc(C)nc(C)n4)ccc32)c1-c1cc(-c2nc(-c3ccccc3)nc(-c3ccccc3)n2)ccc1-n1c2ccc(-c3nc(C)nc(C)n3)cc2c2cc(-c3nc(C)nc(C)n3)ccc21. The summed E-state index contributed by atoms with van der Waals surface area (Å²) in [5.74, 6) is 8.70. The Hall–Kier alpha value is -12.1. The molecule has 0 aliphatic heterocycles. The zero-order valence-corrected chi connectivity index (χ0v) is 50.2. The molecule has 430 valence electrons. The lowest BCUT2D eigenvalue weighted by Gasteiger charge is -2.21. The molecule has 0 N–H and O–H groups in total. The van der Waals surface area contributed by atoms with Gasteiger partial charge in [-0.25, -0.2) is 79.6 Å². The maximum absolute atomic E-state index is 9.15. The Morgan fingerprint density at radius 2 is 0.567 bits per heavy atom. The van der Waals surface area contributed by atoms with E-state index in [9.17, 15) is 0 Å². The minimum absolute atomic E-state index is 0.415. The van der Waals surface area contributed by atoms with E-state index in [1.807, 2.05) is 140 Å². The number of nitrogens with zero attached hydrogens (tertiary/aromatic N) is 18. The minimum atomic E-state index is 0.415. The molecule has 8 aromatic carbocycles. The first-order valence-electron chi connectivity index (χ1n) is 29.3. The van der Waals surface area contributed by atoms with Crippen molar-refractivity contribution in [1.29, 1.82) is 0 Å². The number of hydrogen-bond acceptors (Lipinski definition) is 15. The van der Waals surface area contributed by atoms with E-state index in [1.165, 1.54) is 0 Å². The van der Waals surface area contributed by atoms with Crippen LogP contribution in [0.1, 0.15) is 46.6 Å². The van der Waals surface area contributed by atoms with Gasteiger partial charge in [-0.15, -0.1) is 0 Å². The lowest BCUT2D eigenvalue weighted by atomic mass is 9.96.